The lowest BCUT2D eigenvalue weighted by atomic mass is 9.87. The van der Waals surface area contributed by atoms with Crippen LogP contribution in [-0.4, -0.2) is 250 Å². The van der Waals surface area contributed by atoms with Gasteiger partial charge >= 0.3 is 0 Å². The maximum atomic E-state index is 15.5. The van der Waals surface area contributed by atoms with E-state index in [4.69, 9.17) is 0 Å². The van der Waals surface area contributed by atoms with E-state index in [9.17, 15) is 43.5 Å². The molecule has 2 N–H and O–H groups in total. The SMILES string of the molecule is CC(C)C[C@H]1C(=O)N2CCC[C@H]2C(=O)N(C)[C@@H](CC(C)C)C(=O)C[C@@H](C)C(=O)N(C)[C@@H](C(C)C)C(=O)C[C@H](C(=O)N2CCCCC2)CC(=O)N(C)[C@@H](C)C(=O)N[C@@H]([C@@H](C)O)C(=O)N(C)CC(=O)N(C)[C@@H](Cc2ccccc2)C(=O)N(C)[C@@H](Cc2ccccc2)C(=O)N1C. The number of nitrogens with one attached hydrogen (secondary N) is 1. The second-order valence-corrected chi connectivity index (χ2v) is 27.5. The Morgan fingerprint density at radius 3 is 1.54 bits per heavy atom. The Bertz CT molecular complexity index is 2950. The highest BCUT2D eigenvalue weighted by Crippen LogP contribution is 2.29. The largest absolute Gasteiger partial charge is 0.391 e. The molecule has 2 aromatic carbocycles. The average molecular weight is 1300 g/mol. The molecule has 3 aliphatic rings. The van der Waals surface area contributed by atoms with Crippen molar-refractivity contribution >= 4 is 70.6 Å². The van der Waals surface area contributed by atoms with Crippen LogP contribution in [-0.2, 0) is 70.4 Å². The maximum absolute atomic E-state index is 15.5. The summed E-state index contributed by atoms with van der Waals surface area (Å²) >= 11 is 0. The third-order valence-corrected chi connectivity index (χ3v) is 19.0. The molecule has 23 heteroatoms. The Kier molecular flexibility index (Phi) is 28.3. The van der Waals surface area contributed by atoms with Gasteiger partial charge in [-0.05, 0) is 87.7 Å². The van der Waals surface area contributed by atoms with E-state index < -0.39 is 162 Å². The zero-order chi connectivity index (χ0) is 69.5. The van der Waals surface area contributed by atoms with E-state index in [2.05, 4.69) is 5.32 Å². The molecule has 23 nitrogen and oxygen atoms in total. The molecule has 0 spiro atoms. The molecule has 0 aromatic heterocycles. The number of nitrogens with zero attached hydrogens (tertiary/aromatic N) is 9. The minimum absolute atomic E-state index is 0.00637. The number of ketones is 2. The number of aliphatic hydroxyl groups excluding tert-OH is 1. The van der Waals surface area contributed by atoms with Crippen LogP contribution in [0.2, 0.25) is 0 Å². The predicted octanol–water partition coefficient (Wildman–Crippen LogP) is 4.10. The number of Topliss-reactive ketones (excluding diaryl/α,β-unsaturated/α-hetero) is 2. The molecule has 5 rings (SSSR count). The summed E-state index contributed by atoms with van der Waals surface area (Å²) in [5, 5.41) is 13.6. The lowest BCUT2D eigenvalue weighted by Crippen LogP contribution is -2.60. The van der Waals surface area contributed by atoms with E-state index in [0.717, 1.165) is 16.2 Å². The van der Waals surface area contributed by atoms with E-state index in [1.807, 2.05) is 45.9 Å². The van der Waals surface area contributed by atoms with E-state index in [0.29, 0.717) is 43.5 Å². The van der Waals surface area contributed by atoms with Gasteiger partial charge in [0.25, 0.3) is 0 Å². The van der Waals surface area contributed by atoms with E-state index >= 15 is 19.2 Å². The van der Waals surface area contributed by atoms with Gasteiger partial charge in [-0.2, -0.15) is 0 Å². The van der Waals surface area contributed by atoms with Crippen molar-refractivity contribution in [2.75, 3.05) is 75.5 Å². The molecule has 0 bridgehead atoms. The fourth-order valence-electron chi connectivity index (χ4n) is 13.2. The highest BCUT2D eigenvalue weighted by Gasteiger charge is 2.46. The van der Waals surface area contributed by atoms with Gasteiger partial charge in [-0.3, -0.25) is 57.5 Å². The first-order valence-corrected chi connectivity index (χ1v) is 33.2. The van der Waals surface area contributed by atoms with Crippen LogP contribution in [0.5, 0.6) is 0 Å². The molecule has 0 saturated carbocycles. The molecular formula is C70H106N10O13. The van der Waals surface area contributed by atoms with Crippen LogP contribution in [0.3, 0.4) is 0 Å². The summed E-state index contributed by atoms with van der Waals surface area (Å²) in [6, 6.07) is 8.21. The van der Waals surface area contributed by atoms with Gasteiger partial charge in [0.2, 0.25) is 59.1 Å². The van der Waals surface area contributed by atoms with Crippen molar-refractivity contribution in [3.05, 3.63) is 71.8 Å². The summed E-state index contributed by atoms with van der Waals surface area (Å²) in [4.78, 5) is 189. The molecule has 10 amide bonds. The fraction of sp³-hybridized carbons (Fsp3) is 0.657. The predicted molar refractivity (Wildman–Crippen MR) is 352 cm³/mol. The number of carbonyl (C=O) groups excluding carboxylic acids is 12. The summed E-state index contributed by atoms with van der Waals surface area (Å²) < 4.78 is 0. The van der Waals surface area contributed by atoms with Crippen LogP contribution in [0, 0.1) is 29.6 Å². The highest BCUT2D eigenvalue weighted by atomic mass is 16.3. The van der Waals surface area contributed by atoms with Crippen molar-refractivity contribution in [1.82, 2.24) is 49.4 Å². The van der Waals surface area contributed by atoms with Gasteiger partial charge in [-0.1, -0.05) is 109 Å². The number of likely N-dealkylation sites (N-methyl/N-ethyl adjacent to an activating group) is 7. The highest BCUT2D eigenvalue weighted by molar-refractivity contribution is 6.00. The second-order valence-electron chi connectivity index (χ2n) is 27.5. The molecule has 11 atom stereocenters. The van der Waals surface area contributed by atoms with Crippen LogP contribution >= 0.6 is 0 Å². The lowest BCUT2D eigenvalue weighted by Gasteiger charge is -2.40. The number of likely N-dealkylation sites (tertiary alicyclic amines) is 1. The van der Waals surface area contributed by atoms with Crippen molar-refractivity contribution in [2.24, 2.45) is 29.6 Å². The van der Waals surface area contributed by atoms with E-state index in [1.54, 1.807) is 68.1 Å². The summed E-state index contributed by atoms with van der Waals surface area (Å²) in [7, 11) is 10.0. The first-order valence-electron chi connectivity index (χ1n) is 33.2. The number of fused-ring (bicyclic) bond motifs is 1. The minimum Gasteiger partial charge on any atom is -0.391 e. The molecule has 0 unspecified atom stereocenters. The van der Waals surface area contributed by atoms with Crippen molar-refractivity contribution in [1.29, 1.82) is 0 Å². The quantitative estimate of drug-likeness (QED) is 0.321. The summed E-state index contributed by atoms with van der Waals surface area (Å²) in [5.41, 5.74) is 1.35. The number of rotatable bonds is 11. The first kappa shape index (κ1) is 76.2. The van der Waals surface area contributed by atoms with Crippen LogP contribution in [0.25, 0.3) is 0 Å². The number of hydrogen-bond donors (Lipinski definition) is 2. The maximum Gasteiger partial charge on any atom is 0.248 e. The number of carbonyl (C=O) groups is 12. The topological polar surface area (TPSA) is 266 Å². The van der Waals surface area contributed by atoms with Crippen LogP contribution in [0.15, 0.2) is 60.7 Å². The molecule has 3 aliphatic heterocycles. The monoisotopic (exact) mass is 1290 g/mol. The average Bonchev–Trinajstić information content (AvgIpc) is 1.81. The second kappa shape index (κ2) is 34.6. The number of piperidine rings is 1. The Morgan fingerprint density at radius 1 is 0.516 bits per heavy atom. The van der Waals surface area contributed by atoms with Gasteiger partial charge in [0, 0.05) is 107 Å². The zero-order valence-corrected chi connectivity index (χ0v) is 58.0. The molecule has 3 saturated heterocycles. The fourth-order valence-corrected chi connectivity index (χ4v) is 13.2. The van der Waals surface area contributed by atoms with Crippen LogP contribution in [0.4, 0.5) is 0 Å². The third-order valence-electron chi connectivity index (χ3n) is 19.0. The van der Waals surface area contributed by atoms with Gasteiger partial charge in [0.1, 0.15) is 36.3 Å². The number of aliphatic hydroxyl groups is 1. The summed E-state index contributed by atoms with van der Waals surface area (Å²) in [5.74, 6) is -10.2. The standard InChI is InChI=1S/C70H106N10O13/c1-43(2)35-53-57(82)37-46(7)64(87)78(16)62(45(5)6)58(83)40-51(65(88)79-32-24-19-25-33-79)41-59(84)73(11)47(8)63(86)71-61(48(9)81)70(93)72(10)42-60(85)74(12)55(38-49-27-20-17-21-28-49)67(90)77(15)56(39-50-29-22-18-23-30-50)68(91)76(14)54(36-44(3)4)69(92)80-34-26-31-52(80)66(89)75(53)13/h17-18,20-23,27-30,43-48,51-56,61-62,81H,19,24-26,31-42H2,1-16H3,(H,71,86)/t46-,47+,48-,51+,52+,53+,54+,55+,56+,61+,62+/m1/s1. The normalized spacial score (nSPS) is 26.8. The van der Waals surface area contributed by atoms with E-state index in [-0.39, 0.29) is 56.9 Å². The van der Waals surface area contributed by atoms with E-state index in [1.165, 1.54) is 92.6 Å². The molecule has 0 radical (unpaired) electrons. The molecule has 3 fully saturated rings. The number of benzene rings is 2. The van der Waals surface area contributed by atoms with Crippen molar-refractivity contribution < 1.29 is 62.6 Å². The molecule has 514 valence electrons. The molecule has 0 aliphatic carbocycles. The molecule has 2 aromatic rings. The van der Waals surface area contributed by atoms with Crippen LogP contribution < -0.4 is 5.32 Å². The van der Waals surface area contributed by atoms with Gasteiger partial charge in [0.15, 0.2) is 11.6 Å². The van der Waals surface area contributed by atoms with Crippen molar-refractivity contribution in [2.45, 2.75) is 194 Å². The Morgan fingerprint density at radius 2 is 1.02 bits per heavy atom. The third kappa shape index (κ3) is 19.8. The van der Waals surface area contributed by atoms with Gasteiger partial charge < -0.3 is 54.5 Å². The zero-order valence-electron chi connectivity index (χ0n) is 58.0. The van der Waals surface area contributed by atoms with Gasteiger partial charge in [-0.15, -0.1) is 0 Å². The first-order chi connectivity index (χ1) is 43.7. The smallest absolute Gasteiger partial charge is 0.248 e. The van der Waals surface area contributed by atoms with Gasteiger partial charge in [0.05, 0.1) is 30.7 Å². The molecule has 93 heavy (non-hydrogen) atoms. The number of hydrogen-bond acceptors (Lipinski definition) is 13. The molecular weight excluding hydrogens is 1190 g/mol. The lowest BCUT2D eigenvalue weighted by molar-refractivity contribution is -0.155. The van der Waals surface area contributed by atoms with Gasteiger partial charge in [-0.25, -0.2) is 0 Å². The van der Waals surface area contributed by atoms with Crippen molar-refractivity contribution in [3.63, 3.8) is 0 Å². The Hall–Kier alpha value is -7.56. The summed E-state index contributed by atoms with van der Waals surface area (Å²) in [6.07, 6.45) is 0.624. The Labute approximate surface area is 551 Å². The van der Waals surface area contributed by atoms with Crippen molar-refractivity contribution in [3.8, 4) is 0 Å². The number of amides is 10. The van der Waals surface area contributed by atoms with Crippen LogP contribution in [0.1, 0.15) is 138 Å². The summed E-state index contributed by atoms with van der Waals surface area (Å²) in [6.45, 7) is 15.7. The Balaban J connectivity index is 1.63. The minimum atomic E-state index is -1.64. The molecule has 3 heterocycles.